The predicted octanol–water partition coefficient (Wildman–Crippen LogP) is 3.08. The smallest absolute Gasteiger partial charge is 0.224 e. The zero-order valence-corrected chi connectivity index (χ0v) is 13.1. The van der Waals surface area contributed by atoms with Crippen molar-refractivity contribution in [2.45, 2.75) is 31.8 Å². The van der Waals surface area contributed by atoms with Crippen LogP contribution in [0.1, 0.15) is 37.4 Å². The Morgan fingerprint density at radius 1 is 0.783 bits per heavy atom. The van der Waals surface area contributed by atoms with Crippen molar-refractivity contribution in [3.8, 4) is 0 Å². The summed E-state index contributed by atoms with van der Waals surface area (Å²) in [7, 11) is 0. The van der Waals surface area contributed by atoms with Crippen molar-refractivity contribution < 1.29 is 9.59 Å². The van der Waals surface area contributed by atoms with Crippen LogP contribution in [-0.4, -0.2) is 34.7 Å². The summed E-state index contributed by atoms with van der Waals surface area (Å²) in [4.78, 5) is 28.5. The Morgan fingerprint density at radius 3 is 2.00 bits per heavy atom. The van der Waals surface area contributed by atoms with Gasteiger partial charge in [-0.25, -0.2) is 0 Å². The summed E-state index contributed by atoms with van der Waals surface area (Å²) >= 11 is 0. The van der Waals surface area contributed by atoms with Crippen LogP contribution in [0.25, 0.3) is 10.8 Å². The quantitative estimate of drug-likeness (QED) is 0.874. The minimum Gasteiger partial charge on any atom is -0.318 e. The molecular weight excluding hydrogens is 288 g/mol. The summed E-state index contributed by atoms with van der Waals surface area (Å²) in [5.41, 5.74) is 1.06. The Bertz CT molecular complexity index is 740. The van der Waals surface area contributed by atoms with Gasteiger partial charge in [-0.05, 0) is 23.6 Å². The summed E-state index contributed by atoms with van der Waals surface area (Å²) in [5.74, 6) is 0.310. The lowest BCUT2D eigenvalue weighted by atomic mass is 10.0. The number of fused-ring (bicyclic) bond motifs is 1. The van der Waals surface area contributed by atoms with Gasteiger partial charge in [-0.1, -0.05) is 42.5 Å². The highest BCUT2D eigenvalue weighted by Gasteiger charge is 2.37. The third-order valence-corrected chi connectivity index (χ3v) is 4.91. The summed E-state index contributed by atoms with van der Waals surface area (Å²) in [6.45, 7) is 1.47. The predicted molar refractivity (Wildman–Crippen MR) is 88.6 cm³/mol. The van der Waals surface area contributed by atoms with Gasteiger partial charge in [0.15, 0.2) is 0 Å². The van der Waals surface area contributed by atoms with Gasteiger partial charge in [0.05, 0.1) is 0 Å². The first kappa shape index (κ1) is 14.2. The second kappa shape index (κ2) is 5.69. The molecule has 2 aliphatic rings. The van der Waals surface area contributed by atoms with Gasteiger partial charge >= 0.3 is 0 Å². The monoisotopic (exact) mass is 308 g/mol. The number of carbonyl (C=O) groups excluding carboxylic acids is 2. The summed E-state index contributed by atoms with van der Waals surface area (Å²) in [6.07, 6.45) is 2.67. The van der Waals surface area contributed by atoms with E-state index in [0.717, 1.165) is 42.3 Å². The minimum absolute atomic E-state index is 0.155. The number of carbonyl (C=O) groups is 2. The van der Waals surface area contributed by atoms with Crippen molar-refractivity contribution in [1.29, 1.82) is 0 Å². The number of nitrogens with zero attached hydrogens (tertiary/aromatic N) is 2. The average Bonchev–Trinajstić information content (AvgIpc) is 3.18. The minimum atomic E-state index is -0.258. The van der Waals surface area contributed by atoms with Crippen LogP contribution in [0.2, 0.25) is 0 Å². The molecule has 2 fully saturated rings. The van der Waals surface area contributed by atoms with Crippen LogP contribution in [-0.2, 0) is 9.59 Å². The van der Waals surface area contributed by atoms with Crippen molar-refractivity contribution in [3.63, 3.8) is 0 Å². The first-order valence-electron chi connectivity index (χ1n) is 8.32. The summed E-state index contributed by atoms with van der Waals surface area (Å²) < 4.78 is 0. The molecular formula is C19H20N2O2. The molecule has 23 heavy (non-hydrogen) atoms. The molecule has 0 atom stereocenters. The topological polar surface area (TPSA) is 40.6 Å². The highest BCUT2D eigenvalue weighted by atomic mass is 16.2. The van der Waals surface area contributed by atoms with E-state index < -0.39 is 0 Å². The second-order valence-electron chi connectivity index (χ2n) is 6.32. The molecule has 2 aromatic carbocycles. The normalized spacial score (nSPS) is 18.7. The SMILES string of the molecule is O=C1CCCN1C(c1cccc2ccccc12)N1CCCC1=O. The highest BCUT2D eigenvalue weighted by molar-refractivity contribution is 5.88. The number of rotatable bonds is 3. The molecule has 4 nitrogen and oxygen atoms in total. The molecule has 0 bridgehead atoms. The fourth-order valence-electron chi connectivity index (χ4n) is 3.83. The molecule has 2 amide bonds. The van der Waals surface area contributed by atoms with Crippen molar-refractivity contribution >= 4 is 22.6 Å². The van der Waals surface area contributed by atoms with Gasteiger partial charge in [0.1, 0.15) is 6.17 Å². The molecule has 118 valence electrons. The molecule has 2 aromatic rings. The standard InChI is InChI=1S/C19H20N2O2/c22-17-10-4-12-20(17)19(21-13-5-11-18(21)23)16-9-3-7-14-6-1-2-8-15(14)16/h1-3,6-9,19H,4-5,10-13H2. The van der Waals surface area contributed by atoms with E-state index >= 15 is 0 Å². The molecule has 0 saturated carbocycles. The van der Waals surface area contributed by atoms with Gasteiger partial charge in [0.25, 0.3) is 0 Å². The Hall–Kier alpha value is -2.36. The van der Waals surface area contributed by atoms with Gasteiger partial charge in [-0.2, -0.15) is 0 Å². The molecule has 0 aliphatic carbocycles. The van der Waals surface area contributed by atoms with Crippen LogP contribution >= 0.6 is 0 Å². The first-order valence-corrected chi connectivity index (χ1v) is 8.32. The Balaban J connectivity index is 1.86. The van der Waals surface area contributed by atoms with Gasteiger partial charge < -0.3 is 9.80 Å². The third-order valence-electron chi connectivity index (χ3n) is 4.91. The number of amides is 2. The first-order chi connectivity index (χ1) is 11.3. The van der Waals surface area contributed by atoms with Crippen LogP contribution in [0.5, 0.6) is 0 Å². The van der Waals surface area contributed by atoms with Crippen LogP contribution in [0.4, 0.5) is 0 Å². The molecule has 0 spiro atoms. The van der Waals surface area contributed by atoms with Crippen molar-refractivity contribution in [2.24, 2.45) is 0 Å². The molecule has 2 heterocycles. The summed E-state index contributed by atoms with van der Waals surface area (Å²) in [6, 6.07) is 14.3. The van der Waals surface area contributed by atoms with E-state index in [0.29, 0.717) is 12.8 Å². The summed E-state index contributed by atoms with van der Waals surface area (Å²) in [5, 5.41) is 2.27. The van der Waals surface area contributed by atoms with E-state index in [1.165, 1.54) is 0 Å². The van der Waals surface area contributed by atoms with Gasteiger partial charge in [0, 0.05) is 31.5 Å². The van der Waals surface area contributed by atoms with E-state index in [4.69, 9.17) is 0 Å². The lowest BCUT2D eigenvalue weighted by Gasteiger charge is -2.36. The number of hydrogen-bond donors (Lipinski definition) is 0. The highest BCUT2D eigenvalue weighted by Crippen LogP contribution is 2.36. The molecule has 0 N–H and O–H groups in total. The maximum absolute atomic E-state index is 12.4. The van der Waals surface area contributed by atoms with E-state index in [1.807, 2.05) is 28.0 Å². The number of benzene rings is 2. The van der Waals surface area contributed by atoms with Gasteiger partial charge in [0.2, 0.25) is 11.8 Å². The van der Waals surface area contributed by atoms with Crippen molar-refractivity contribution in [2.75, 3.05) is 13.1 Å². The van der Waals surface area contributed by atoms with E-state index in [-0.39, 0.29) is 18.0 Å². The number of hydrogen-bond acceptors (Lipinski definition) is 2. The molecule has 0 unspecified atom stereocenters. The molecule has 4 rings (SSSR count). The lowest BCUT2D eigenvalue weighted by molar-refractivity contribution is -0.140. The van der Waals surface area contributed by atoms with Crippen LogP contribution in [0, 0.1) is 0 Å². The fraction of sp³-hybridized carbons (Fsp3) is 0.368. The average molecular weight is 308 g/mol. The van der Waals surface area contributed by atoms with Crippen LogP contribution in [0.3, 0.4) is 0 Å². The van der Waals surface area contributed by atoms with Crippen LogP contribution in [0.15, 0.2) is 42.5 Å². The van der Waals surface area contributed by atoms with Crippen LogP contribution < -0.4 is 0 Å². The van der Waals surface area contributed by atoms with E-state index in [9.17, 15) is 9.59 Å². The Kier molecular flexibility index (Phi) is 3.52. The molecule has 0 aromatic heterocycles. The lowest BCUT2D eigenvalue weighted by Crippen LogP contribution is -2.43. The van der Waals surface area contributed by atoms with Crippen molar-refractivity contribution in [3.05, 3.63) is 48.0 Å². The molecule has 2 aliphatic heterocycles. The van der Waals surface area contributed by atoms with E-state index in [1.54, 1.807) is 0 Å². The fourth-order valence-corrected chi connectivity index (χ4v) is 3.83. The zero-order chi connectivity index (χ0) is 15.8. The Labute approximate surface area is 135 Å². The zero-order valence-electron chi connectivity index (χ0n) is 13.1. The largest absolute Gasteiger partial charge is 0.318 e. The van der Waals surface area contributed by atoms with E-state index in [2.05, 4.69) is 24.3 Å². The molecule has 0 radical (unpaired) electrons. The van der Waals surface area contributed by atoms with Gasteiger partial charge in [-0.15, -0.1) is 0 Å². The molecule has 4 heteroatoms. The van der Waals surface area contributed by atoms with Crippen molar-refractivity contribution in [1.82, 2.24) is 9.80 Å². The second-order valence-corrected chi connectivity index (χ2v) is 6.32. The number of likely N-dealkylation sites (tertiary alicyclic amines) is 2. The third kappa shape index (κ3) is 2.38. The maximum Gasteiger partial charge on any atom is 0.224 e. The maximum atomic E-state index is 12.4. The van der Waals surface area contributed by atoms with Gasteiger partial charge in [-0.3, -0.25) is 9.59 Å². The molecule has 2 saturated heterocycles. The Morgan fingerprint density at radius 2 is 1.39 bits per heavy atom.